The third-order valence-corrected chi connectivity index (χ3v) is 4.64. The minimum absolute atomic E-state index is 0.0229. The maximum absolute atomic E-state index is 12.9. The summed E-state index contributed by atoms with van der Waals surface area (Å²) >= 11 is 5.97. The van der Waals surface area contributed by atoms with Crippen molar-refractivity contribution in [3.63, 3.8) is 0 Å². The molecule has 5 nitrogen and oxygen atoms in total. The Labute approximate surface area is 158 Å². The largest absolute Gasteiger partial charge is 0.493 e. The van der Waals surface area contributed by atoms with Crippen molar-refractivity contribution in [1.29, 1.82) is 5.26 Å². The molecule has 26 heavy (non-hydrogen) atoms. The molecule has 1 aliphatic heterocycles. The van der Waals surface area contributed by atoms with E-state index in [0.717, 1.165) is 5.69 Å². The van der Waals surface area contributed by atoms with Gasteiger partial charge in [0.15, 0.2) is 0 Å². The van der Waals surface area contributed by atoms with Gasteiger partial charge in [-0.05, 0) is 37.3 Å². The number of amides is 1. The second-order valence-electron chi connectivity index (χ2n) is 5.98. The number of para-hydroxylation sites is 1. The first-order valence-corrected chi connectivity index (χ1v) is 8.97. The highest BCUT2D eigenvalue weighted by molar-refractivity contribution is 6.30. The molecule has 0 unspecified atom stereocenters. The van der Waals surface area contributed by atoms with Crippen molar-refractivity contribution in [3.05, 3.63) is 58.6 Å². The summed E-state index contributed by atoms with van der Waals surface area (Å²) in [6, 6.07) is 14.8. The number of hydrogen-bond donors (Lipinski definition) is 0. The van der Waals surface area contributed by atoms with Gasteiger partial charge in [-0.1, -0.05) is 23.7 Å². The first-order chi connectivity index (χ1) is 12.6. The Bertz CT molecular complexity index is 839. The second kappa shape index (κ2) is 8.11. The van der Waals surface area contributed by atoms with Gasteiger partial charge < -0.3 is 14.5 Å². The average molecular weight is 370 g/mol. The molecule has 2 aromatic rings. The third-order valence-electron chi connectivity index (χ3n) is 4.40. The van der Waals surface area contributed by atoms with E-state index in [2.05, 4.69) is 11.0 Å². The fourth-order valence-electron chi connectivity index (χ4n) is 3.12. The van der Waals surface area contributed by atoms with Crippen LogP contribution in [0.4, 0.5) is 5.69 Å². The lowest BCUT2D eigenvalue weighted by Gasteiger charge is -2.36. The molecule has 0 atom stereocenters. The fraction of sp³-hybridized carbons (Fsp3) is 0.300. The van der Waals surface area contributed by atoms with Crippen LogP contribution in [-0.4, -0.2) is 43.6 Å². The predicted octanol–water partition coefficient (Wildman–Crippen LogP) is 3.57. The molecule has 0 saturated carbocycles. The average Bonchev–Trinajstić information content (AvgIpc) is 2.68. The number of hydrogen-bond acceptors (Lipinski definition) is 4. The maximum Gasteiger partial charge on any atom is 0.257 e. The molecule has 0 N–H and O–H groups in total. The standard InChI is InChI=1S/C20H20ClN3O2/c1-2-26-19-6-4-3-5-17(19)20(25)24-11-9-23(10-12-24)18-8-7-16(21)13-15(18)14-22/h3-8,13H,2,9-12H2,1H3. The molecule has 134 valence electrons. The number of piperazine rings is 1. The topological polar surface area (TPSA) is 56.6 Å². The van der Waals surface area contributed by atoms with Crippen LogP contribution in [0.25, 0.3) is 0 Å². The SMILES string of the molecule is CCOc1ccccc1C(=O)N1CCN(c2ccc(Cl)cc2C#N)CC1. The summed E-state index contributed by atoms with van der Waals surface area (Å²) in [7, 11) is 0. The summed E-state index contributed by atoms with van der Waals surface area (Å²) in [5.74, 6) is 0.595. The summed E-state index contributed by atoms with van der Waals surface area (Å²) in [4.78, 5) is 16.8. The molecule has 1 heterocycles. The lowest BCUT2D eigenvalue weighted by Crippen LogP contribution is -2.49. The van der Waals surface area contributed by atoms with Crippen molar-refractivity contribution in [2.45, 2.75) is 6.92 Å². The minimum atomic E-state index is -0.0229. The lowest BCUT2D eigenvalue weighted by atomic mass is 10.1. The number of nitriles is 1. The van der Waals surface area contributed by atoms with Gasteiger partial charge >= 0.3 is 0 Å². The Hall–Kier alpha value is -2.71. The molecule has 1 amide bonds. The summed E-state index contributed by atoms with van der Waals surface area (Å²) < 4.78 is 5.57. The number of ether oxygens (including phenoxy) is 1. The van der Waals surface area contributed by atoms with Crippen LogP contribution in [-0.2, 0) is 0 Å². The molecule has 3 rings (SSSR count). The van der Waals surface area contributed by atoms with Crippen molar-refractivity contribution in [3.8, 4) is 11.8 Å². The number of carbonyl (C=O) groups excluding carboxylic acids is 1. The van der Waals surface area contributed by atoms with Gasteiger partial charge in [0.1, 0.15) is 11.8 Å². The Morgan fingerprint density at radius 1 is 1.19 bits per heavy atom. The van der Waals surface area contributed by atoms with Gasteiger partial charge in [0.25, 0.3) is 5.91 Å². The van der Waals surface area contributed by atoms with Gasteiger partial charge in [-0.3, -0.25) is 4.79 Å². The van der Waals surface area contributed by atoms with E-state index in [4.69, 9.17) is 16.3 Å². The quantitative estimate of drug-likeness (QED) is 0.826. The van der Waals surface area contributed by atoms with E-state index in [1.807, 2.05) is 36.1 Å². The number of benzene rings is 2. The highest BCUT2D eigenvalue weighted by atomic mass is 35.5. The van der Waals surface area contributed by atoms with Crippen LogP contribution in [0.5, 0.6) is 5.75 Å². The monoisotopic (exact) mass is 369 g/mol. The van der Waals surface area contributed by atoms with Crippen LogP contribution in [0.3, 0.4) is 0 Å². The molecule has 1 aliphatic rings. The van der Waals surface area contributed by atoms with Crippen molar-refractivity contribution in [2.24, 2.45) is 0 Å². The molecule has 6 heteroatoms. The molecule has 0 radical (unpaired) electrons. The van der Waals surface area contributed by atoms with Crippen molar-refractivity contribution in [1.82, 2.24) is 4.90 Å². The zero-order valence-electron chi connectivity index (χ0n) is 14.6. The molecular formula is C20H20ClN3O2. The molecule has 1 fully saturated rings. The van der Waals surface area contributed by atoms with E-state index in [1.165, 1.54) is 0 Å². The first-order valence-electron chi connectivity index (χ1n) is 8.59. The zero-order valence-corrected chi connectivity index (χ0v) is 15.4. The highest BCUT2D eigenvalue weighted by Crippen LogP contribution is 2.26. The maximum atomic E-state index is 12.9. The second-order valence-corrected chi connectivity index (χ2v) is 6.42. The number of nitrogens with zero attached hydrogens (tertiary/aromatic N) is 3. The van der Waals surface area contributed by atoms with Gasteiger partial charge in [0, 0.05) is 31.2 Å². The molecule has 0 bridgehead atoms. The normalized spacial score (nSPS) is 14.0. The van der Waals surface area contributed by atoms with Crippen molar-refractivity contribution >= 4 is 23.2 Å². The molecule has 0 spiro atoms. The summed E-state index contributed by atoms with van der Waals surface area (Å²) in [6.45, 7) is 4.93. The van der Waals surface area contributed by atoms with Crippen LogP contribution in [0.2, 0.25) is 5.02 Å². The minimum Gasteiger partial charge on any atom is -0.493 e. The number of halogens is 1. The zero-order chi connectivity index (χ0) is 18.5. The Balaban J connectivity index is 1.71. The van der Waals surface area contributed by atoms with E-state index in [1.54, 1.807) is 18.2 Å². The molecule has 1 saturated heterocycles. The van der Waals surface area contributed by atoms with Gasteiger partial charge in [0.05, 0.1) is 23.4 Å². The lowest BCUT2D eigenvalue weighted by molar-refractivity contribution is 0.0742. The highest BCUT2D eigenvalue weighted by Gasteiger charge is 2.25. The summed E-state index contributed by atoms with van der Waals surface area (Å²) in [5, 5.41) is 9.88. The summed E-state index contributed by atoms with van der Waals surface area (Å²) in [6.07, 6.45) is 0. The van der Waals surface area contributed by atoms with E-state index in [-0.39, 0.29) is 5.91 Å². The van der Waals surface area contributed by atoms with Crippen LogP contribution in [0, 0.1) is 11.3 Å². The van der Waals surface area contributed by atoms with Crippen LogP contribution < -0.4 is 9.64 Å². The number of carbonyl (C=O) groups is 1. The van der Waals surface area contributed by atoms with Crippen LogP contribution in [0.1, 0.15) is 22.8 Å². The van der Waals surface area contributed by atoms with Gasteiger partial charge in [-0.25, -0.2) is 0 Å². The van der Waals surface area contributed by atoms with Crippen molar-refractivity contribution < 1.29 is 9.53 Å². The van der Waals surface area contributed by atoms with E-state index < -0.39 is 0 Å². The van der Waals surface area contributed by atoms with E-state index in [0.29, 0.717) is 54.7 Å². The number of anilines is 1. The Morgan fingerprint density at radius 3 is 2.62 bits per heavy atom. The predicted molar refractivity (Wildman–Crippen MR) is 102 cm³/mol. The Kier molecular flexibility index (Phi) is 5.65. The molecule has 0 aliphatic carbocycles. The van der Waals surface area contributed by atoms with E-state index >= 15 is 0 Å². The molecular weight excluding hydrogens is 350 g/mol. The smallest absolute Gasteiger partial charge is 0.257 e. The van der Waals surface area contributed by atoms with Gasteiger partial charge in [-0.2, -0.15) is 5.26 Å². The molecule has 2 aromatic carbocycles. The fourth-order valence-corrected chi connectivity index (χ4v) is 3.29. The number of rotatable bonds is 4. The first kappa shape index (κ1) is 18.1. The van der Waals surface area contributed by atoms with Crippen LogP contribution in [0.15, 0.2) is 42.5 Å². The van der Waals surface area contributed by atoms with Gasteiger partial charge in [-0.15, -0.1) is 0 Å². The van der Waals surface area contributed by atoms with Gasteiger partial charge in [0.2, 0.25) is 0 Å². The van der Waals surface area contributed by atoms with Crippen LogP contribution >= 0.6 is 11.6 Å². The summed E-state index contributed by atoms with van der Waals surface area (Å²) in [5.41, 5.74) is 2.00. The Morgan fingerprint density at radius 2 is 1.92 bits per heavy atom. The third kappa shape index (κ3) is 3.76. The van der Waals surface area contributed by atoms with E-state index in [9.17, 15) is 10.1 Å². The molecule has 0 aromatic heterocycles. The van der Waals surface area contributed by atoms with Crippen molar-refractivity contribution in [2.75, 3.05) is 37.7 Å².